The number of ketones is 1. The second-order valence-electron chi connectivity index (χ2n) is 6.95. The molecule has 0 saturated heterocycles. The number of rotatable bonds is 12. The van der Waals surface area contributed by atoms with Gasteiger partial charge in [0.15, 0.2) is 6.61 Å². The fourth-order valence-electron chi connectivity index (χ4n) is 3.05. The number of nitrogens with one attached hydrogen (secondary N) is 1. The number of nitrogens with zero attached hydrogens (tertiary/aromatic N) is 1. The number of carbonyl (C=O) groups is 3. The number of ether oxygens (including phenoxy) is 3. The molecule has 0 heterocycles. The number of sulfonamides is 1. The van der Waals surface area contributed by atoms with Gasteiger partial charge in [0.05, 0.1) is 24.7 Å². The van der Waals surface area contributed by atoms with Crippen LogP contribution in [-0.2, 0) is 19.6 Å². The molecular formula is C23H28N2O8S. The first-order chi connectivity index (χ1) is 16.2. The highest BCUT2D eigenvalue weighted by Gasteiger charge is 2.22. The van der Waals surface area contributed by atoms with E-state index in [0.29, 0.717) is 24.6 Å². The second-order valence-corrected chi connectivity index (χ2v) is 8.88. The Kier molecular flexibility index (Phi) is 9.58. The molecule has 0 saturated carbocycles. The van der Waals surface area contributed by atoms with Crippen molar-refractivity contribution in [3.8, 4) is 11.5 Å². The van der Waals surface area contributed by atoms with Crippen LogP contribution in [0.25, 0.3) is 0 Å². The zero-order valence-corrected chi connectivity index (χ0v) is 20.3. The average Bonchev–Trinajstić information content (AvgIpc) is 2.85. The Labute approximate surface area is 198 Å². The molecule has 2 aromatic carbocycles. The summed E-state index contributed by atoms with van der Waals surface area (Å²) in [5, 5.41) is 2.38. The Bertz CT molecular complexity index is 1130. The minimum Gasteiger partial charge on any atom is -0.497 e. The van der Waals surface area contributed by atoms with Crippen molar-refractivity contribution in [2.45, 2.75) is 18.7 Å². The fraction of sp³-hybridized carbons (Fsp3) is 0.348. The van der Waals surface area contributed by atoms with E-state index >= 15 is 0 Å². The molecule has 0 aliphatic heterocycles. The number of benzene rings is 2. The molecule has 0 bridgehead atoms. The van der Waals surface area contributed by atoms with Crippen molar-refractivity contribution in [3.63, 3.8) is 0 Å². The van der Waals surface area contributed by atoms with Gasteiger partial charge in [-0.05, 0) is 42.5 Å². The van der Waals surface area contributed by atoms with Crippen LogP contribution in [0.15, 0.2) is 47.4 Å². The number of hydrogen-bond donors (Lipinski definition) is 1. The van der Waals surface area contributed by atoms with Gasteiger partial charge in [-0.25, -0.2) is 8.42 Å². The topological polar surface area (TPSA) is 128 Å². The van der Waals surface area contributed by atoms with Crippen LogP contribution >= 0.6 is 0 Å². The Morgan fingerprint density at radius 3 is 2.15 bits per heavy atom. The summed E-state index contributed by atoms with van der Waals surface area (Å²) in [6.07, 6.45) is 0. The van der Waals surface area contributed by atoms with Gasteiger partial charge in [-0.3, -0.25) is 14.4 Å². The summed E-state index contributed by atoms with van der Waals surface area (Å²) in [6, 6.07) is 10.0. The van der Waals surface area contributed by atoms with Crippen LogP contribution < -0.4 is 14.8 Å². The largest absolute Gasteiger partial charge is 0.497 e. The summed E-state index contributed by atoms with van der Waals surface area (Å²) >= 11 is 0. The van der Waals surface area contributed by atoms with E-state index in [1.54, 1.807) is 26.0 Å². The molecule has 0 spiro atoms. The van der Waals surface area contributed by atoms with Gasteiger partial charge < -0.3 is 19.5 Å². The summed E-state index contributed by atoms with van der Waals surface area (Å²) in [5.41, 5.74) is 0.363. The highest BCUT2D eigenvalue weighted by atomic mass is 32.2. The number of carbonyl (C=O) groups excluding carboxylic acids is 3. The maximum atomic E-state index is 12.5. The predicted molar refractivity (Wildman–Crippen MR) is 124 cm³/mol. The lowest BCUT2D eigenvalue weighted by Crippen LogP contribution is -2.32. The number of esters is 1. The van der Waals surface area contributed by atoms with E-state index < -0.39 is 40.8 Å². The molecule has 0 unspecified atom stereocenters. The smallest absolute Gasteiger partial charge is 0.325 e. The van der Waals surface area contributed by atoms with Crippen LogP contribution in [0.1, 0.15) is 34.6 Å². The van der Waals surface area contributed by atoms with Gasteiger partial charge in [0.1, 0.15) is 18.0 Å². The first kappa shape index (κ1) is 26.8. The Morgan fingerprint density at radius 2 is 1.59 bits per heavy atom. The lowest BCUT2D eigenvalue weighted by molar-refractivity contribution is -0.141. The standard InChI is InChI=1S/C23H28N2O8S/c1-5-25(6-2)34(29,30)18-10-7-16(8-11-18)23(28)24-14-22(27)33-15-20(26)19-13-17(31-3)9-12-21(19)32-4/h7-13H,5-6,14-15H2,1-4H3,(H,24,28). The van der Waals surface area contributed by atoms with E-state index in [4.69, 9.17) is 14.2 Å². The summed E-state index contributed by atoms with van der Waals surface area (Å²) in [6.45, 7) is 3.12. The molecule has 1 amide bonds. The van der Waals surface area contributed by atoms with Crippen molar-refractivity contribution in [2.75, 3.05) is 40.5 Å². The quantitative estimate of drug-likeness (QED) is 0.351. The van der Waals surface area contributed by atoms with Crippen LogP contribution in [0, 0.1) is 0 Å². The summed E-state index contributed by atoms with van der Waals surface area (Å²) in [5.74, 6) is -1.16. The van der Waals surface area contributed by atoms with Crippen molar-refractivity contribution in [2.24, 2.45) is 0 Å². The number of Topliss-reactive ketones (excluding diaryl/α,β-unsaturated/α-hetero) is 1. The maximum absolute atomic E-state index is 12.5. The van der Waals surface area contributed by atoms with Crippen molar-refractivity contribution in [1.82, 2.24) is 9.62 Å². The molecule has 0 radical (unpaired) electrons. The van der Waals surface area contributed by atoms with Crippen molar-refractivity contribution >= 4 is 27.7 Å². The lowest BCUT2D eigenvalue weighted by Gasteiger charge is -2.18. The summed E-state index contributed by atoms with van der Waals surface area (Å²) < 4.78 is 41.5. The van der Waals surface area contributed by atoms with Crippen LogP contribution in [0.4, 0.5) is 0 Å². The molecule has 0 atom stereocenters. The minimum atomic E-state index is -3.64. The van der Waals surface area contributed by atoms with Gasteiger partial charge in [-0.2, -0.15) is 4.31 Å². The number of hydrogen-bond acceptors (Lipinski definition) is 8. The zero-order chi connectivity index (χ0) is 25.3. The lowest BCUT2D eigenvalue weighted by atomic mass is 10.1. The molecule has 2 rings (SSSR count). The zero-order valence-electron chi connectivity index (χ0n) is 19.5. The summed E-state index contributed by atoms with van der Waals surface area (Å²) in [7, 11) is -0.776. The molecule has 0 aromatic heterocycles. The molecule has 10 nitrogen and oxygen atoms in total. The third-order valence-corrected chi connectivity index (χ3v) is 6.99. The molecule has 34 heavy (non-hydrogen) atoms. The van der Waals surface area contributed by atoms with E-state index in [0.717, 1.165) is 0 Å². The van der Waals surface area contributed by atoms with Gasteiger partial charge in [0, 0.05) is 18.7 Å². The van der Waals surface area contributed by atoms with E-state index in [1.165, 1.54) is 48.9 Å². The molecule has 184 valence electrons. The van der Waals surface area contributed by atoms with Crippen molar-refractivity contribution in [1.29, 1.82) is 0 Å². The molecule has 0 aliphatic rings. The molecule has 1 N–H and O–H groups in total. The first-order valence-electron chi connectivity index (χ1n) is 10.5. The second kappa shape index (κ2) is 12.1. The molecule has 0 aliphatic carbocycles. The van der Waals surface area contributed by atoms with E-state index in [-0.39, 0.29) is 16.0 Å². The van der Waals surface area contributed by atoms with Gasteiger partial charge >= 0.3 is 5.97 Å². The normalized spacial score (nSPS) is 11.1. The predicted octanol–water partition coefficient (Wildman–Crippen LogP) is 1.89. The molecule has 2 aromatic rings. The Balaban J connectivity index is 1.92. The average molecular weight is 493 g/mol. The molecule has 11 heteroatoms. The van der Waals surface area contributed by atoms with Gasteiger partial charge in [0.2, 0.25) is 15.8 Å². The number of amides is 1. The Morgan fingerprint density at radius 1 is 0.941 bits per heavy atom. The summed E-state index contributed by atoms with van der Waals surface area (Å²) in [4.78, 5) is 36.8. The van der Waals surface area contributed by atoms with Crippen molar-refractivity contribution < 1.29 is 37.0 Å². The van der Waals surface area contributed by atoms with Gasteiger partial charge in [-0.15, -0.1) is 0 Å². The van der Waals surface area contributed by atoms with E-state index in [1.807, 2.05) is 0 Å². The molecular weight excluding hydrogens is 464 g/mol. The SMILES string of the molecule is CCN(CC)S(=O)(=O)c1ccc(C(=O)NCC(=O)OCC(=O)c2cc(OC)ccc2OC)cc1. The van der Waals surface area contributed by atoms with E-state index in [2.05, 4.69) is 5.32 Å². The number of methoxy groups -OCH3 is 2. The van der Waals surface area contributed by atoms with Gasteiger partial charge in [0.25, 0.3) is 5.91 Å². The van der Waals surface area contributed by atoms with Gasteiger partial charge in [-0.1, -0.05) is 13.8 Å². The van der Waals surface area contributed by atoms with Crippen LogP contribution in [0.2, 0.25) is 0 Å². The third kappa shape index (κ3) is 6.55. The van der Waals surface area contributed by atoms with E-state index in [9.17, 15) is 22.8 Å². The highest BCUT2D eigenvalue weighted by molar-refractivity contribution is 7.89. The fourth-order valence-corrected chi connectivity index (χ4v) is 4.51. The third-order valence-electron chi connectivity index (χ3n) is 4.92. The van der Waals surface area contributed by atoms with Crippen LogP contribution in [0.3, 0.4) is 0 Å². The monoisotopic (exact) mass is 492 g/mol. The molecule has 0 fully saturated rings. The first-order valence-corrected chi connectivity index (χ1v) is 11.9. The minimum absolute atomic E-state index is 0.0682. The van der Waals surface area contributed by atoms with Crippen molar-refractivity contribution in [3.05, 3.63) is 53.6 Å². The van der Waals surface area contributed by atoms with Crippen LogP contribution in [0.5, 0.6) is 11.5 Å². The maximum Gasteiger partial charge on any atom is 0.325 e. The highest BCUT2D eigenvalue weighted by Crippen LogP contribution is 2.24. The Hall–Kier alpha value is -3.44. The van der Waals surface area contributed by atoms with Crippen LogP contribution in [-0.4, -0.2) is 70.8 Å².